The van der Waals surface area contributed by atoms with Crippen LogP contribution in [0.15, 0.2) is 0 Å². The molecule has 0 radical (unpaired) electrons. The zero-order valence-electron chi connectivity index (χ0n) is 9.43. The van der Waals surface area contributed by atoms with E-state index < -0.39 is 30.4 Å². The van der Waals surface area contributed by atoms with Crippen molar-refractivity contribution in [2.24, 2.45) is 0 Å². The summed E-state index contributed by atoms with van der Waals surface area (Å²) >= 11 is 0. The molecule has 9 N–H and O–H groups in total. The highest BCUT2D eigenvalue weighted by Crippen LogP contribution is 1.61. The maximum absolute atomic E-state index is 9.19. The lowest BCUT2D eigenvalue weighted by molar-refractivity contribution is 0.488. The van der Waals surface area contributed by atoms with Crippen molar-refractivity contribution in [3.05, 3.63) is 0 Å². The van der Waals surface area contributed by atoms with Crippen LogP contribution in [-0.2, 0) is 30.4 Å². The van der Waals surface area contributed by atoms with E-state index in [0.29, 0.717) is 18.8 Å². The first-order chi connectivity index (χ1) is 6.00. The lowest BCUT2D eigenvalue weighted by Gasteiger charge is -1.69. The first kappa shape index (κ1) is 30.0. The molecular formula is C3H18N2O9S3. The van der Waals surface area contributed by atoms with Gasteiger partial charge in [0.25, 0.3) is 30.4 Å². The van der Waals surface area contributed by atoms with Gasteiger partial charge in [0, 0.05) is 0 Å². The van der Waals surface area contributed by atoms with Gasteiger partial charge in [-0.1, -0.05) is 0 Å². The quantitative estimate of drug-likeness (QED) is 0.333. The van der Waals surface area contributed by atoms with Crippen LogP contribution in [0, 0.1) is 0 Å². The normalized spacial score (nSPS) is 10.2. The Morgan fingerprint density at radius 1 is 0.529 bits per heavy atom. The Labute approximate surface area is 101 Å². The van der Waals surface area contributed by atoms with Crippen molar-refractivity contribution in [2.45, 2.75) is 0 Å². The highest BCUT2D eigenvalue weighted by atomic mass is 32.2. The predicted octanol–water partition coefficient (Wildman–Crippen LogP) is -1.16. The fourth-order valence-corrected chi connectivity index (χ4v) is 0. The molecule has 0 aromatic heterocycles. The van der Waals surface area contributed by atoms with Crippen molar-refractivity contribution in [3.63, 3.8) is 0 Å². The second-order valence-corrected chi connectivity index (χ2v) is 6.60. The Hall–Kier alpha value is -0.350. The lowest BCUT2D eigenvalue weighted by atomic mass is 12.0. The molecule has 0 aromatic carbocycles. The first-order valence-electron chi connectivity index (χ1n) is 2.77. The molecule has 0 aliphatic heterocycles. The second-order valence-electron chi connectivity index (χ2n) is 2.20. The van der Waals surface area contributed by atoms with Crippen LogP contribution in [0.3, 0.4) is 0 Å². The Morgan fingerprint density at radius 3 is 0.529 bits per heavy atom. The fourth-order valence-electron chi connectivity index (χ4n) is 0. The standard InChI is InChI=1S/3CH4O3S.2H3N/c3*1-5(2,3)4;;/h3*1H3,(H,2,3,4);2*1H3. The molecule has 0 fully saturated rings. The van der Waals surface area contributed by atoms with Crippen molar-refractivity contribution in [1.29, 1.82) is 0 Å². The molecule has 0 aliphatic carbocycles. The summed E-state index contributed by atoms with van der Waals surface area (Å²) < 4.78 is 77.6. The predicted molar refractivity (Wildman–Crippen MR) is 62.5 cm³/mol. The molecular weight excluding hydrogens is 304 g/mol. The molecule has 0 aromatic rings. The third kappa shape index (κ3) is 23800. The molecule has 0 saturated heterocycles. The van der Waals surface area contributed by atoms with Gasteiger partial charge in [-0.05, 0) is 0 Å². The van der Waals surface area contributed by atoms with Gasteiger partial charge in [-0.15, -0.1) is 0 Å². The van der Waals surface area contributed by atoms with Crippen LogP contribution >= 0.6 is 0 Å². The molecule has 17 heavy (non-hydrogen) atoms. The molecule has 0 bridgehead atoms. The van der Waals surface area contributed by atoms with E-state index in [9.17, 15) is 25.3 Å². The minimum absolute atomic E-state index is 0. The molecule has 11 nitrogen and oxygen atoms in total. The summed E-state index contributed by atoms with van der Waals surface area (Å²) in [5.74, 6) is 0. The minimum Gasteiger partial charge on any atom is -0.344 e. The van der Waals surface area contributed by atoms with Crippen molar-refractivity contribution in [3.8, 4) is 0 Å². The van der Waals surface area contributed by atoms with Crippen LogP contribution in [0.1, 0.15) is 0 Å². The Kier molecular flexibility index (Phi) is 19.1. The van der Waals surface area contributed by atoms with Crippen LogP contribution < -0.4 is 12.3 Å². The molecule has 0 atom stereocenters. The summed E-state index contributed by atoms with van der Waals surface area (Å²) in [5, 5.41) is 0. The Morgan fingerprint density at radius 2 is 0.529 bits per heavy atom. The monoisotopic (exact) mass is 322 g/mol. The molecule has 0 rings (SSSR count). The summed E-state index contributed by atoms with van der Waals surface area (Å²) in [4.78, 5) is 0. The van der Waals surface area contributed by atoms with E-state index in [1.54, 1.807) is 0 Å². The van der Waals surface area contributed by atoms with E-state index in [-0.39, 0.29) is 12.3 Å². The Bertz CT molecular complexity index is 350. The highest BCUT2D eigenvalue weighted by molar-refractivity contribution is 7.85. The lowest BCUT2D eigenvalue weighted by Crippen LogP contribution is -1.88. The molecule has 0 heterocycles. The second kappa shape index (κ2) is 10.8. The van der Waals surface area contributed by atoms with Crippen LogP contribution in [0.5, 0.6) is 0 Å². The van der Waals surface area contributed by atoms with E-state index in [4.69, 9.17) is 13.7 Å². The summed E-state index contributed by atoms with van der Waals surface area (Å²) in [7, 11) is -11.0. The van der Waals surface area contributed by atoms with E-state index in [1.165, 1.54) is 0 Å². The Balaban J connectivity index is -0.0000000400. The minimum atomic E-state index is -3.67. The van der Waals surface area contributed by atoms with Gasteiger partial charge < -0.3 is 12.3 Å². The average molecular weight is 322 g/mol. The van der Waals surface area contributed by atoms with Crippen molar-refractivity contribution >= 4 is 30.4 Å². The summed E-state index contributed by atoms with van der Waals surface area (Å²) in [5.41, 5.74) is 0. The highest BCUT2D eigenvalue weighted by Gasteiger charge is 1.82. The van der Waals surface area contributed by atoms with Gasteiger partial charge in [0.2, 0.25) is 0 Å². The van der Waals surface area contributed by atoms with Gasteiger partial charge in [0.05, 0.1) is 18.8 Å². The van der Waals surface area contributed by atoms with Crippen LogP contribution in [0.4, 0.5) is 0 Å². The van der Waals surface area contributed by atoms with Crippen LogP contribution in [-0.4, -0.2) is 57.7 Å². The topological polar surface area (TPSA) is 233 Å². The fraction of sp³-hybridized carbons (Fsp3) is 1.00. The van der Waals surface area contributed by atoms with Crippen molar-refractivity contribution in [2.75, 3.05) is 18.8 Å². The van der Waals surface area contributed by atoms with E-state index in [1.807, 2.05) is 0 Å². The van der Waals surface area contributed by atoms with Crippen LogP contribution in [0.25, 0.3) is 0 Å². The van der Waals surface area contributed by atoms with Gasteiger partial charge in [-0.2, -0.15) is 25.3 Å². The van der Waals surface area contributed by atoms with Gasteiger partial charge in [-0.3, -0.25) is 13.7 Å². The molecule has 0 unspecified atom stereocenters. The summed E-state index contributed by atoms with van der Waals surface area (Å²) in [6.45, 7) is 0. The van der Waals surface area contributed by atoms with Gasteiger partial charge in [0.1, 0.15) is 0 Å². The molecule has 0 saturated carbocycles. The molecule has 14 heteroatoms. The molecule has 0 spiro atoms. The van der Waals surface area contributed by atoms with Crippen molar-refractivity contribution in [1.82, 2.24) is 12.3 Å². The summed E-state index contributed by atoms with van der Waals surface area (Å²) in [6.07, 6.45) is 2.15. The SMILES string of the molecule is CS(=O)(=O)O.CS(=O)(=O)O.CS(=O)(=O)O.N.N. The third-order valence-corrected chi connectivity index (χ3v) is 0. The smallest absolute Gasteiger partial charge is 0.261 e. The maximum Gasteiger partial charge on any atom is 0.261 e. The summed E-state index contributed by atoms with van der Waals surface area (Å²) in [6, 6.07) is 0. The van der Waals surface area contributed by atoms with E-state index in [0.717, 1.165) is 0 Å². The maximum atomic E-state index is 9.19. The molecule has 112 valence electrons. The van der Waals surface area contributed by atoms with Crippen molar-refractivity contribution < 1.29 is 38.9 Å². The number of hydrogen-bond acceptors (Lipinski definition) is 8. The zero-order chi connectivity index (χ0) is 13.5. The third-order valence-electron chi connectivity index (χ3n) is 0. The van der Waals surface area contributed by atoms with E-state index >= 15 is 0 Å². The number of rotatable bonds is 0. The first-order valence-corrected chi connectivity index (χ1v) is 8.32. The zero-order valence-corrected chi connectivity index (χ0v) is 11.9. The average Bonchev–Trinajstić information content (AvgIpc) is 1.41. The molecule has 0 aliphatic rings. The van der Waals surface area contributed by atoms with Gasteiger partial charge >= 0.3 is 0 Å². The van der Waals surface area contributed by atoms with Gasteiger partial charge in [-0.25, -0.2) is 0 Å². The number of hydrogen-bond donors (Lipinski definition) is 5. The van der Waals surface area contributed by atoms with Crippen LogP contribution in [0.2, 0.25) is 0 Å². The molecule has 0 amide bonds. The van der Waals surface area contributed by atoms with E-state index in [2.05, 4.69) is 0 Å². The van der Waals surface area contributed by atoms with Gasteiger partial charge in [0.15, 0.2) is 0 Å². The largest absolute Gasteiger partial charge is 0.344 e.